The Morgan fingerprint density at radius 2 is 2.16 bits per heavy atom. The number of nitrogens with zero attached hydrogens (tertiary/aromatic N) is 3. The number of ether oxygens (including phenoxy) is 1. The zero-order chi connectivity index (χ0) is 18.2. The number of thiol groups is 1. The van der Waals surface area contributed by atoms with E-state index in [-0.39, 0.29) is 36.2 Å². The number of hydrogen-bond donors (Lipinski definition) is 4. The molecule has 2 aliphatic rings. The second kappa shape index (κ2) is 9.52. The third-order valence-corrected chi connectivity index (χ3v) is 4.53. The van der Waals surface area contributed by atoms with Gasteiger partial charge in [-0.1, -0.05) is 17.8 Å². The van der Waals surface area contributed by atoms with Gasteiger partial charge in [0, 0.05) is 50.4 Å². The molecule has 0 bridgehead atoms. The molecule has 2 rings (SSSR count). The van der Waals surface area contributed by atoms with E-state index in [1.165, 1.54) is 6.08 Å². The Bertz CT molecular complexity index is 524. The summed E-state index contributed by atoms with van der Waals surface area (Å²) < 4.78 is 5.08. The van der Waals surface area contributed by atoms with E-state index < -0.39 is 6.09 Å². The van der Waals surface area contributed by atoms with Crippen molar-refractivity contribution >= 4 is 30.6 Å². The van der Waals surface area contributed by atoms with Crippen molar-refractivity contribution < 1.29 is 19.5 Å². The largest absolute Gasteiger partial charge is 0.445 e. The van der Waals surface area contributed by atoms with E-state index in [4.69, 9.17) is 4.74 Å². The van der Waals surface area contributed by atoms with Gasteiger partial charge in [-0.3, -0.25) is 5.32 Å². The van der Waals surface area contributed by atoms with Crippen molar-refractivity contribution in [2.45, 2.75) is 24.1 Å². The molecular weight excluding hydrogens is 346 g/mol. The zero-order valence-corrected chi connectivity index (χ0v) is 15.0. The van der Waals surface area contributed by atoms with Crippen LogP contribution in [0.5, 0.6) is 0 Å². The summed E-state index contributed by atoms with van der Waals surface area (Å²) in [7, 11) is 0. The molecule has 2 aliphatic heterocycles. The molecule has 140 valence electrons. The lowest BCUT2D eigenvalue weighted by Crippen LogP contribution is -2.52. The molecule has 2 atom stereocenters. The second-order valence-electron chi connectivity index (χ2n) is 5.98. The Kier molecular flexibility index (Phi) is 7.38. The normalized spacial score (nSPS) is 24.1. The molecule has 0 aromatic carbocycles. The monoisotopic (exact) mass is 371 g/mol. The van der Waals surface area contributed by atoms with E-state index >= 15 is 0 Å². The molecule has 9 nitrogen and oxygen atoms in total. The summed E-state index contributed by atoms with van der Waals surface area (Å²) in [6.45, 7) is 6.71. The fraction of sp³-hybridized carbons (Fsp3) is 0.667. The second-order valence-corrected chi connectivity index (χ2v) is 6.71. The Balaban J connectivity index is 1.92. The van der Waals surface area contributed by atoms with Gasteiger partial charge in [-0.15, -0.1) is 0 Å². The van der Waals surface area contributed by atoms with Gasteiger partial charge in [0.1, 0.15) is 6.61 Å². The molecule has 0 radical (unpaired) electrons. The Morgan fingerprint density at radius 1 is 1.44 bits per heavy atom. The Hall–Kier alpha value is -1.94. The lowest BCUT2D eigenvalue weighted by Gasteiger charge is -2.28. The summed E-state index contributed by atoms with van der Waals surface area (Å²) in [4.78, 5) is 27.5. The van der Waals surface area contributed by atoms with Crippen LogP contribution in [0.3, 0.4) is 0 Å². The third kappa shape index (κ3) is 5.53. The molecule has 0 aromatic rings. The van der Waals surface area contributed by atoms with Crippen LogP contribution < -0.4 is 10.6 Å². The summed E-state index contributed by atoms with van der Waals surface area (Å²) in [6, 6.07) is -0.565. The average molecular weight is 371 g/mol. The van der Waals surface area contributed by atoms with Gasteiger partial charge in [0.2, 0.25) is 0 Å². The smallest absolute Gasteiger partial charge is 0.410 e. The van der Waals surface area contributed by atoms with E-state index in [1.807, 2.05) is 0 Å². The third-order valence-electron chi connectivity index (χ3n) is 4.16. The first-order valence-electron chi connectivity index (χ1n) is 8.25. The predicted molar refractivity (Wildman–Crippen MR) is 96.2 cm³/mol. The van der Waals surface area contributed by atoms with Crippen LogP contribution in [0.15, 0.2) is 17.8 Å². The van der Waals surface area contributed by atoms with E-state index in [9.17, 15) is 14.8 Å². The SMILES string of the molecule is C=CCOC(=O)N1C[C@@H](S)C[C@H]1C/C(=N/O)NC(=O)N1CCNCC1. The van der Waals surface area contributed by atoms with Gasteiger partial charge in [0.25, 0.3) is 0 Å². The van der Waals surface area contributed by atoms with E-state index in [0.717, 1.165) is 13.1 Å². The number of rotatable bonds is 4. The average Bonchev–Trinajstić information content (AvgIpc) is 3.00. The number of urea groups is 1. The maximum atomic E-state index is 12.2. The van der Waals surface area contributed by atoms with Gasteiger partial charge in [-0.2, -0.15) is 12.6 Å². The lowest BCUT2D eigenvalue weighted by atomic mass is 10.1. The number of amidine groups is 1. The molecule has 2 fully saturated rings. The summed E-state index contributed by atoms with van der Waals surface area (Å²) in [6.07, 6.45) is 1.87. The number of hydrogen-bond acceptors (Lipinski definition) is 7. The zero-order valence-electron chi connectivity index (χ0n) is 14.1. The van der Waals surface area contributed by atoms with Crippen LogP contribution in [0.4, 0.5) is 9.59 Å². The van der Waals surface area contributed by atoms with E-state index in [1.54, 1.807) is 9.80 Å². The van der Waals surface area contributed by atoms with Crippen molar-refractivity contribution in [2.75, 3.05) is 39.3 Å². The van der Waals surface area contributed by atoms with Crippen molar-refractivity contribution in [2.24, 2.45) is 5.16 Å². The molecule has 0 aliphatic carbocycles. The number of likely N-dealkylation sites (tertiary alicyclic amines) is 1. The summed E-state index contributed by atoms with van der Waals surface area (Å²) in [5, 5.41) is 18.2. The molecular formula is C15H25N5O4S. The van der Waals surface area contributed by atoms with Crippen LogP contribution in [0.1, 0.15) is 12.8 Å². The van der Waals surface area contributed by atoms with Gasteiger partial charge in [-0.05, 0) is 6.42 Å². The molecule has 0 spiro atoms. The van der Waals surface area contributed by atoms with Crippen molar-refractivity contribution in [3.05, 3.63) is 12.7 Å². The maximum Gasteiger partial charge on any atom is 0.410 e. The summed E-state index contributed by atoms with van der Waals surface area (Å²) in [5.74, 6) is 0.123. The minimum atomic E-state index is -0.466. The number of amides is 3. The molecule has 0 unspecified atom stereocenters. The van der Waals surface area contributed by atoms with Gasteiger partial charge in [-0.25, -0.2) is 9.59 Å². The van der Waals surface area contributed by atoms with Gasteiger partial charge in [0.15, 0.2) is 5.84 Å². The molecule has 0 aromatic heterocycles. The number of nitrogens with one attached hydrogen (secondary N) is 2. The first kappa shape index (κ1) is 19.4. The lowest BCUT2D eigenvalue weighted by molar-refractivity contribution is 0.109. The molecule has 2 saturated heterocycles. The van der Waals surface area contributed by atoms with Gasteiger partial charge in [0.05, 0.1) is 0 Å². The number of carbonyl (C=O) groups excluding carboxylic acids is 2. The van der Waals surface area contributed by atoms with Gasteiger partial charge < -0.3 is 25.1 Å². The van der Waals surface area contributed by atoms with Crippen LogP contribution in [-0.4, -0.2) is 83.6 Å². The maximum absolute atomic E-state index is 12.2. The van der Waals surface area contributed by atoms with Crippen LogP contribution in [0, 0.1) is 0 Å². The van der Waals surface area contributed by atoms with Crippen LogP contribution in [0.2, 0.25) is 0 Å². The van der Waals surface area contributed by atoms with Crippen LogP contribution in [0.25, 0.3) is 0 Å². The minimum absolute atomic E-state index is 0.00472. The minimum Gasteiger partial charge on any atom is -0.445 e. The quantitative estimate of drug-likeness (QED) is 0.144. The fourth-order valence-corrected chi connectivity index (χ4v) is 3.35. The van der Waals surface area contributed by atoms with E-state index in [0.29, 0.717) is 26.1 Å². The van der Waals surface area contributed by atoms with Crippen LogP contribution >= 0.6 is 12.6 Å². The fourth-order valence-electron chi connectivity index (χ4n) is 2.93. The highest BCUT2D eigenvalue weighted by atomic mass is 32.1. The molecule has 25 heavy (non-hydrogen) atoms. The van der Waals surface area contributed by atoms with Crippen molar-refractivity contribution in [3.63, 3.8) is 0 Å². The highest BCUT2D eigenvalue weighted by Gasteiger charge is 2.36. The van der Waals surface area contributed by atoms with Crippen LogP contribution in [-0.2, 0) is 4.74 Å². The summed E-state index contributed by atoms with van der Waals surface area (Å²) in [5.41, 5.74) is 0. The number of oxime groups is 1. The molecule has 3 N–H and O–H groups in total. The number of carbonyl (C=O) groups is 2. The first-order chi connectivity index (χ1) is 12.0. The summed E-state index contributed by atoms with van der Waals surface area (Å²) >= 11 is 4.43. The molecule has 3 amide bonds. The standard InChI is InChI=1S/C15H25N5O4S/c1-2-7-24-15(22)20-10-12(25)8-11(20)9-13(18-23)17-14(21)19-5-3-16-4-6-19/h2,11-12,16,23,25H,1,3-10H2,(H,17,18,21)/t11-,12-/m0/s1. The Labute approximate surface area is 152 Å². The highest BCUT2D eigenvalue weighted by Crippen LogP contribution is 2.25. The Morgan fingerprint density at radius 3 is 2.80 bits per heavy atom. The highest BCUT2D eigenvalue weighted by molar-refractivity contribution is 7.81. The first-order valence-corrected chi connectivity index (χ1v) is 8.76. The van der Waals surface area contributed by atoms with Crippen molar-refractivity contribution in [1.29, 1.82) is 0 Å². The molecule has 2 heterocycles. The van der Waals surface area contributed by atoms with Gasteiger partial charge >= 0.3 is 12.1 Å². The van der Waals surface area contributed by atoms with Crippen molar-refractivity contribution in [1.82, 2.24) is 20.4 Å². The molecule has 0 saturated carbocycles. The molecule has 10 heteroatoms. The van der Waals surface area contributed by atoms with Crippen molar-refractivity contribution in [3.8, 4) is 0 Å². The van der Waals surface area contributed by atoms with E-state index in [2.05, 4.69) is 35.0 Å². The predicted octanol–water partition coefficient (Wildman–Crippen LogP) is 0.474. The topological polar surface area (TPSA) is 106 Å². The number of piperazine rings is 1.